The van der Waals surface area contributed by atoms with Crippen LogP contribution >= 0.6 is 0 Å². The van der Waals surface area contributed by atoms with E-state index in [0.29, 0.717) is 0 Å². The Balaban J connectivity index is 1.62. The zero-order valence-corrected chi connectivity index (χ0v) is 18.4. The minimum atomic E-state index is -0.424. The first-order chi connectivity index (χ1) is 15.6. The molecule has 1 saturated heterocycles. The van der Waals surface area contributed by atoms with Gasteiger partial charge in [-0.05, 0) is 23.6 Å². The highest BCUT2D eigenvalue weighted by Crippen LogP contribution is 2.37. The van der Waals surface area contributed by atoms with Crippen LogP contribution in [0.2, 0.25) is 0 Å². The molecule has 2 amide bonds. The van der Waals surface area contributed by atoms with Crippen molar-refractivity contribution in [3.8, 4) is 0 Å². The molecule has 3 aromatic rings. The fourth-order valence-corrected chi connectivity index (χ4v) is 4.31. The van der Waals surface area contributed by atoms with Crippen LogP contribution < -0.4 is 0 Å². The van der Waals surface area contributed by atoms with E-state index in [-0.39, 0.29) is 31.3 Å². The molecule has 0 unspecified atom stereocenters. The first-order valence-electron chi connectivity index (χ1n) is 10.9. The van der Waals surface area contributed by atoms with Crippen LogP contribution in [0.1, 0.15) is 42.6 Å². The van der Waals surface area contributed by atoms with Gasteiger partial charge >= 0.3 is 6.09 Å². The second kappa shape index (κ2) is 9.69. The fourth-order valence-electron chi connectivity index (χ4n) is 4.31. The van der Waals surface area contributed by atoms with Crippen molar-refractivity contribution in [3.05, 3.63) is 108 Å². The molecule has 5 nitrogen and oxygen atoms in total. The zero-order valence-electron chi connectivity index (χ0n) is 18.4. The van der Waals surface area contributed by atoms with Crippen molar-refractivity contribution in [2.75, 3.05) is 6.67 Å². The van der Waals surface area contributed by atoms with E-state index in [1.54, 1.807) is 9.80 Å². The molecule has 0 aromatic heterocycles. The summed E-state index contributed by atoms with van der Waals surface area (Å²) >= 11 is 0. The van der Waals surface area contributed by atoms with E-state index in [4.69, 9.17) is 4.74 Å². The molecule has 4 rings (SSSR count). The van der Waals surface area contributed by atoms with Crippen molar-refractivity contribution in [3.63, 3.8) is 0 Å². The van der Waals surface area contributed by atoms with E-state index < -0.39 is 12.0 Å². The Morgan fingerprint density at radius 3 is 2.12 bits per heavy atom. The molecule has 1 fully saturated rings. The summed E-state index contributed by atoms with van der Waals surface area (Å²) in [6, 6.07) is 28.7. The maximum atomic E-state index is 13.4. The third-order valence-electron chi connectivity index (χ3n) is 6.12. The molecule has 0 N–H and O–H groups in total. The van der Waals surface area contributed by atoms with Crippen molar-refractivity contribution in [1.29, 1.82) is 0 Å². The fraction of sp³-hybridized carbons (Fsp3) is 0.259. The normalized spacial score (nSPS) is 19.5. The van der Waals surface area contributed by atoms with Gasteiger partial charge < -0.3 is 9.64 Å². The van der Waals surface area contributed by atoms with E-state index in [1.807, 2.05) is 105 Å². The van der Waals surface area contributed by atoms with E-state index in [2.05, 4.69) is 0 Å². The van der Waals surface area contributed by atoms with Gasteiger partial charge in [0.15, 0.2) is 0 Å². The van der Waals surface area contributed by atoms with Crippen LogP contribution in [-0.4, -0.2) is 28.5 Å². The van der Waals surface area contributed by atoms with Crippen molar-refractivity contribution >= 4 is 12.0 Å². The van der Waals surface area contributed by atoms with E-state index in [1.165, 1.54) is 0 Å². The van der Waals surface area contributed by atoms with Crippen LogP contribution in [-0.2, 0) is 16.1 Å². The zero-order chi connectivity index (χ0) is 22.5. The van der Waals surface area contributed by atoms with Crippen LogP contribution in [0.25, 0.3) is 0 Å². The predicted molar refractivity (Wildman–Crippen MR) is 123 cm³/mol. The van der Waals surface area contributed by atoms with Gasteiger partial charge in [0.1, 0.15) is 13.3 Å². The molecule has 0 bridgehead atoms. The molecule has 32 heavy (non-hydrogen) atoms. The summed E-state index contributed by atoms with van der Waals surface area (Å²) < 4.78 is 5.69. The lowest BCUT2D eigenvalue weighted by Crippen LogP contribution is -2.56. The minimum absolute atomic E-state index is 0.0299. The first-order valence-corrected chi connectivity index (χ1v) is 10.9. The van der Waals surface area contributed by atoms with Crippen LogP contribution in [0, 0.1) is 5.92 Å². The quantitative estimate of drug-likeness (QED) is 0.534. The number of hydrogen-bond acceptors (Lipinski definition) is 3. The van der Waals surface area contributed by atoms with Gasteiger partial charge in [0.25, 0.3) is 0 Å². The second-order valence-corrected chi connectivity index (χ2v) is 8.19. The number of carbonyl (C=O) groups excluding carboxylic acids is 2. The third-order valence-corrected chi connectivity index (χ3v) is 6.12. The number of amides is 2. The minimum Gasteiger partial charge on any atom is -0.444 e. The lowest BCUT2D eigenvalue weighted by Gasteiger charge is -2.46. The standard InChI is InChI=1S/C27H28N2O3/c1-20-25(24-16-10-5-11-17-24)29(27(31)32-18-22-12-6-3-7-13-22)19-28(26(20)30)21(2)23-14-8-4-9-15-23/h3-17,20-21,25H,18-19H2,1-2H3/t20-,21-,25+/m0/s1. The molecule has 0 saturated carbocycles. The maximum absolute atomic E-state index is 13.4. The summed E-state index contributed by atoms with van der Waals surface area (Å²) in [6.07, 6.45) is -0.424. The summed E-state index contributed by atoms with van der Waals surface area (Å²) in [7, 11) is 0. The Kier molecular flexibility index (Phi) is 6.55. The molecule has 1 heterocycles. The van der Waals surface area contributed by atoms with Gasteiger partial charge in [-0.2, -0.15) is 0 Å². The Labute approximate surface area is 189 Å². The summed E-state index contributed by atoms with van der Waals surface area (Å²) in [4.78, 5) is 30.1. The summed E-state index contributed by atoms with van der Waals surface area (Å²) in [5.74, 6) is -0.371. The number of carbonyl (C=O) groups is 2. The van der Waals surface area contributed by atoms with Crippen LogP contribution in [0.3, 0.4) is 0 Å². The van der Waals surface area contributed by atoms with Crippen molar-refractivity contribution in [1.82, 2.24) is 9.80 Å². The lowest BCUT2D eigenvalue weighted by atomic mass is 9.89. The largest absolute Gasteiger partial charge is 0.444 e. The molecule has 3 atom stereocenters. The number of rotatable bonds is 5. The van der Waals surface area contributed by atoms with E-state index in [9.17, 15) is 9.59 Å². The highest BCUT2D eigenvalue weighted by molar-refractivity contribution is 5.83. The molecular weight excluding hydrogens is 400 g/mol. The topological polar surface area (TPSA) is 49.9 Å². The highest BCUT2D eigenvalue weighted by atomic mass is 16.6. The first kappa shape index (κ1) is 21.6. The van der Waals surface area contributed by atoms with Crippen molar-refractivity contribution in [2.24, 2.45) is 5.92 Å². The highest BCUT2D eigenvalue weighted by Gasteiger charge is 2.43. The molecule has 0 spiro atoms. The van der Waals surface area contributed by atoms with Gasteiger partial charge in [-0.15, -0.1) is 0 Å². The Hall–Kier alpha value is -3.60. The summed E-state index contributed by atoms with van der Waals surface area (Å²) in [6.45, 7) is 4.25. The van der Waals surface area contributed by atoms with Gasteiger partial charge in [-0.1, -0.05) is 97.9 Å². The molecule has 0 radical (unpaired) electrons. The Morgan fingerprint density at radius 1 is 0.938 bits per heavy atom. The molecule has 1 aliphatic rings. The summed E-state index contributed by atoms with van der Waals surface area (Å²) in [5.41, 5.74) is 2.88. The monoisotopic (exact) mass is 428 g/mol. The van der Waals surface area contributed by atoms with Crippen LogP contribution in [0.5, 0.6) is 0 Å². The lowest BCUT2D eigenvalue weighted by molar-refractivity contribution is -0.149. The Morgan fingerprint density at radius 2 is 1.50 bits per heavy atom. The van der Waals surface area contributed by atoms with Gasteiger partial charge in [0.2, 0.25) is 5.91 Å². The van der Waals surface area contributed by atoms with Gasteiger partial charge in [0, 0.05) is 0 Å². The molecule has 3 aromatic carbocycles. The third kappa shape index (κ3) is 4.52. The molecule has 0 aliphatic carbocycles. The Bertz CT molecular complexity index is 1040. The smallest absolute Gasteiger partial charge is 0.412 e. The number of nitrogens with zero attached hydrogens (tertiary/aromatic N) is 2. The van der Waals surface area contributed by atoms with Crippen LogP contribution in [0.15, 0.2) is 91.0 Å². The van der Waals surface area contributed by atoms with Gasteiger partial charge in [0.05, 0.1) is 18.0 Å². The maximum Gasteiger partial charge on any atom is 0.412 e. The van der Waals surface area contributed by atoms with Crippen LogP contribution in [0.4, 0.5) is 4.79 Å². The number of hydrogen-bond donors (Lipinski definition) is 0. The van der Waals surface area contributed by atoms with Crippen molar-refractivity contribution in [2.45, 2.75) is 32.5 Å². The molecule has 164 valence electrons. The SMILES string of the molecule is C[C@@H]1C(=O)N([C@@H](C)c2ccccc2)CN(C(=O)OCc2ccccc2)[C@H]1c1ccccc1. The van der Waals surface area contributed by atoms with E-state index >= 15 is 0 Å². The number of benzene rings is 3. The average molecular weight is 429 g/mol. The van der Waals surface area contributed by atoms with Gasteiger partial charge in [-0.25, -0.2) is 4.79 Å². The molecular formula is C27H28N2O3. The average Bonchev–Trinajstić information content (AvgIpc) is 2.85. The molecule has 1 aliphatic heterocycles. The van der Waals surface area contributed by atoms with Crippen molar-refractivity contribution < 1.29 is 14.3 Å². The van der Waals surface area contributed by atoms with E-state index in [0.717, 1.165) is 16.7 Å². The van der Waals surface area contributed by atoms with Gasteiger partial charge in [-0.3, -0.25) is 9.69 Å². The molecule has 5 heteroatoms. The summed E-state index contributed by atoms with van der Waals surface area (Å²) in [5, 5.41) is 0. The predicted octanol–water partition coefficient (Wildman–Crippen LogP) is 5.56. The number of ether oxygens (including phenoxy) is 1. The second-order valence-electron chi connectivity index (χ2n) is 8.19.